The first-order chi connectivity index (χ1) is 15.7. The fourth-order valence-electron chi connectivity index (χ4n) is 3.24. The Morgan fingerprint density at radius 1 is 1.03 bits per heavy atom. The lowest BCUT2D eigenvalue weighted by Gasteiger charge is -2.11. The molecule has 8 heteroatoms. The van der Waals surface area contributed by atoms with Gasteiger partial charge in [-0.1, -0.05) is 12.1 Å². The van der Waals surface area contributed by atoms with Gasteiger partial charge in [0.05, 0.1) is 11.4 Å². The molecule has 0 aliphatic rings. The standard InChI is InChI=1S/C24H25FN6O/c1-26-24(27-14-11-18-3-9-22(10-4-18)31-16-2-13-29-31)28-15-12-21-17-32-23(30-21)19-5-7-20(25)8-6-19/h2-10,13,16-17H,11-12,14-15H2,1H3,(H2,26,27,28). The highest BCUT2D eigenvalue weighted by atomic mass is 19.1. The molecule has 0 atom stereocenters. The van der Waals surface area contributed by atoms with Crippen LogP contribution < -0.4 is 10.6 Å². The van der Waals surface area contributed by atoms with Crippen LogP contribution >= 0.6 is 0 Å². The van der Waals surface area contributed by atoms with E-state index in [-0.39, 0.29) is 5.82 Å². The van der Waals surface area contributed by atoms with E-state index in [0.29, 0.717) is 18.9 Å². The van der Waals surface area contributed by atoms with Gasteiger partial charge in [0.1, 0.15) is 12.1 Å². The molecule has 4 rings (SSSR count). The number of aromatic nitrogens is 3. The van der Waals surface area contributed by atoms with Crippen LogP contribution in [0.5, 0.6) is 0 Å². The molecule has 0 radical (unpaired) electrons. The predicted molar refractivity (Wildman–Crippen MR) is 122 cm³/mol. The van der Waals surface area contributed by atoms with Gasteiger partial charge in [-0.15, -0.1) is 0 Å². The highest BCUT2D eigenvalue weighted by Crippen LogP contribution is 2.19. The summed E-state index contributed by atoms with van der Waals surface area (Å²) in [6.45, 7) is 1.42. The molecule has 32 heavy (non-hydrogen) atoms. The summed E-state index contributed by atoms with van der Waals surface area (Å²) in [5, 5.41) is 10.8. The summed E-state index contributed by atoms with van der Waals surface area (Å²) < 4.78 is 20.4. The maximum absolute atomic E-state index is 13.1. The molecule has 0 fully saturated rings. The van der Waals surface area contributed by atoms with Crippen molar-refractivity contribution in [2.75, 3.05) is 20.1 Å². The fourth-order valence-corrected chi connectivity index (χ4v) is 3.24. The van der Waals surface area contributed by atoms with Crippen molar-refractivity contribution in [1.29, 1.82) is 0 Å². The molecule has 0 saturated carbocycles. The Bertz CT molecular complexity index is 1130. The van der Waals surface area contributed by atoms with Gasteiger partial charge in [0.15, 0.2) is 5.96 Å². The van der Waals surface area contributed by atoms with Crippen LogP contribution in [0, 0.1) is 5.82 Å². The van der Waals surface area contributed by atoms with Crippen LogP contribution in [0.1, 0.15) is 11.3 Å². The maximum Gasteiger partial charge on any atom is 0.226 e. The average molecular weight is 433 g/mol. The van der Waals surface area contributed by atoms with Crippen LogP contribution in [-0.4, -0.2) is 40.9 Å². The Morgan fingerprint density at radius 3 is 2.47 bits per heavy atom. The summed E-state index contributed by atoms with van der Waals surface area (Å²) in [4.78, 5) is 8.73. The molecule has 7 nitrogen and oxygen atoms in total. The van der Waals surface area contributed by atoms with Crippen molar-refractivity contribution >= 4 is 5.96 Å². The summed E-state index contributed by atoms with van der Waals surface area (Å²) in [6, 6.07) is 16.3. The van der Waals surface area contributed by atoms with Gasteiger partial charge < -0.3 is 15.1 Å². The summed E-state index contributed by atoms with van der Waals surface area (Å²) in [5.74, 6) is 0.941. The Hall–Kier alpha value is -3.94. The van der Waals surface area contributed by atoms with Crippen LogP contribution in [0.3, 0.4) is 0 Å². The van der Waals surface area contributed by atoms with E-state index in [1.165, 1.54) is 17.7 Å². The van der Waals surface area contributed by atoms with Crippen molar-refractivity contribution < 1.29 is 8.81 Å². The lowest BCUT2D eigenvalue weighted by molar-refractivity contribution is 0.571. The first kappa shape index (κ1) is 21.3. The van der Waals surface area contributed by atoms with Gasteiger partial charge in [0, 0.05) is 44.5 Å². The van der Waals surface area contributed by atoms with Gasteiger partial charge in [0.25, 0.3) is 0 Å². The van der Waals surface area contributed by atoms with Crippen LogP contribution in [-0.2, 0) is 12.8 Å². The number of rotatable bonds is 8. The normalized spacial score (nSPS) is 11.5. The van der Waals surface area contributed by atoms with Gasteiger partial charge in [0.2, 0.25) is 5.89 Å². The molecule has 2 aromatic carbocycles. The van der Waals surface area contributed by atoms with Crippen molar-refractivity contribution in [3.05, 3.63) is 90.3 Å². The topological polar surface area (TPSA) is 80.3 Å². The third-order valence-electron chi connectivity index (χ3n) is 4.95. The number of nitrogens with zero attached hydrogens (tertiary/aromatic N) is 4. The predicted octanol–water partition coefficient (Wildman–Crippen LogP) is 3.62. The Morgan fingerprint density at radius 2 is 1.78 bits per heavy atom. The third-order valence-corrected chi connectivity index (χ3v) is 4.95. The second-order valence-electron chi connectivity index (χ2n) is 7.19. The van der Waals surface area contributed by atoms with Gasteiger partial charge in [-0.25, -0.2) is 14.1 Å². The molecule has 0 amide bonds. The molecular weight excluding hydrogens is 407 g/mol. The van der Waals surface area contributed by atoms with E-state index in [9.17, 15) is 4.39 Å². The number of hydrogen-bond acceptors (Lipinski definition) is 4. The van der Waals surface area contributed by atoms with Crippen molar-refractivity contribution in [1.82, 2.24) is 25.4 Å². The first-order valence-electron chi connectivity index (χ1n) is 10.4. The number of guanidine groups is 1. The Balaban J connectivity index is 1.20. The summed E-state index contributed by atoms with van der Waals surface area (Å²) in [7, 11) is 1.75. The van der Waals surface area contributed by atoms with Crippen LogP contribution in [0.4, 0.5) is 4.39 Å². The Labute approximate surface area is 186 Å². The molecule has 0 unspecified atom stereocenters. The zero-order valence-electron chi connectivity index (χ0n) is 17.8. The van der Waals surface area contributed by atoms with Crippen LogP contribution in [0.2, 0.25) is 0 Å². The number of nitrogens with one attached hydrogen (secondary N) is 2. The number of halogens is 1. The maximum atomic E-state index is 13.1. The van der Waals surface area contributed by atoms with Crippen molar-refractivity contribution in [2.45, 2.75) is 12.8 Å². The van der Waals surface area contributed by atoms with E-state index in [4.69, 9.17) is 4.42 Å². The zero-order chi connectivity index (χ0) is 22.2. The second-order valence-corrected chi connectivity index (χ2v) is 7.19. The van der Waals surface area contributed by atoms with E-state index in [0.717, 1.165) is 35.9 Å². The molecular formula is C24H25FN6O. The largest absolute Gasteiger partial charge is 0.444 e. The average Bonchev–Trinajstić information content (AvgIpc) is 3.52. The molecule has 164 valence electrons. The number of oxazole rings is 1. The number of benzene rings is 2. The molecule has 0 aliphatic heterocycles. The van der Waals surface area contributed by atoms with Crippen molar-refractivity contribution in [2.24, 2.45) is 4.99 Å². The summed E-state index contributed by atoms with van der Waals surface area (Å²) >= 11 is 0. The summed E-state index contributed by atoms with van der Waals surface area (Å²) in [5.41, 5.74) is 3.85. The van der Waals surface area contributed by atoms with E-state index < -0.39 is 0 Å². The highest BCUT2D eigenvalue weighted by molar-refractivity contribution is 5.79. The highest BCUT2D eigenvalue weighted by Gasteiger charge is 2.07. The molecule has 4 aromatic rings. The first-order valence-corrected chi connectivity index (χ1v) is 10.4. The van der Waals surface area contributed by atoms with Crippen molar-refractivity contribution in [3.63, 3.8) is 0 Å². The quantitative estimate of drug-likeness (QED) is 0.328. The zero-order valence-corrected chi connectivity index (χ0v) is 17.8. The lowest BCUT2D eigenvalue weighted by atomic mass is 10.1. The smallest absolute Gasteiger partial charge is 0.226 e. The SMILES string of the molecule is CN=C(NCCc1ccc(-n2cccn2)cc1)NCCc1coc(-c2ccc(F)cc2)n1. The monoisotopic (exact) mass is 432 g/mol. The van der Waals surface area contributed by atoms with Gasteiger partial charge in [-0.05, 0) is 54.4 Å². The lowest BCUT2D eigenvalue weighted by Crippen LogP contribution is -2.39. The minimum atomic E-state index is -0.283. The van der Waals surface area contributed by atoms with Crippen molar-refractivity contribution in [3.8, 4) is 17.1 Å². The third kappa shape index (κ3) is 5.60. The molecule has 0 aliphatic carbocycles. The molecule has 0 spiro atoms. The molecule has 2 heterocycles. The van der Waals surface area contributed by atoms with E-state index in [1.54, 1.807) is 31.6 Å². The van der Waals surface area contributed by atoms with Crippen LogP contribution in [0.25, 0.3) is 17.1 Å². The van der Waals surface area contributed by atoms with E-state index >= 15 is 0 Å². The number of hydrogen-bond donors (Lipinski definition) is 2. The number of aliphatic imine (C=N–C) groups is 1. The second kappa shape index (κ2) is 10.4. The Kier molecular flexibility index (Phi) is 6.91. The molecule has 0 bridgehead atoms. The van der Waals surface area contributed by atoms with Gasteiger partial charge in [-0.2, -0.15) is 5.10 Å². The van der Waals surface area contributed by atoms with E-state index in [2.05, 4.69) is 50.0 Å². The van der Waals surface area contributed by atoms with E-state index in [1.807, 2.05) is 16.9 Å². The van der Waals surface area contributed by atoms with Gasteiger partial charge in [-0.3, -0.25) is 4.99 Å². The minimum absolute atomic E-state index is 0.283. The molecule has 2 N–H and O–H groups in total. The fraction of sp³-hybridized carbons (Fsp3) is 0.208. The van der Waals surface area contributed by atoms with Gasteiger partial charge >= 0.3 is 0 Å². The molecule has 0 saturated heterocycles. The molecule has 2 aromatic heterocycles. The minimum Gasteiger partial charge on any atom is -0.444 e. The van der Waals surface area contributed by atoms with Crippen LogP contribution in [0.15, 0.2) is 82.7 Å². The summed E-state index contributed by atoms with van der Waals surface area (Å²) in [6.07, 6.45) is 6.88.